The highest BCUT2D eigenvalue weighted by atomic mass is 32.2. The Morgan fingerprint density at radius 1 is 1.58 bits per heavy atom. The van der Waals surface area contributed by atoms with Crippen molar-refractivity contribution in [3.8, 4) is 0 Å². The first-order chi connectivity index (χ1) is 8.86. The van der Waals surface area contributed by atoms with Crippen LogP contribution in [0, 0.1) is 5.41 Å². The molecule has 0 radical (unpaired) electrons. The molecular formula is C15H26N2OS. The summed E-state index contributed by atoms with van der Waals surface area (Å²) in [5, 5.41) is 7.15. The molecule has 0 aromatic carbocycles. The standard InChI is InChI=1S/C15H26N2OS/c1-5-6-15-7-8-19-12(15)9-11(16-10-15)13(18)17-14(2,3)4/h5,11-12,16H,1,6-10H2,2-4H3,(H,17,18)/t11?,12-,15?/m0/s1. The second-order valence-electron chi connectivity index (χ2n) is 6.87. The van der Waals surface area contributed by atoms with Crippen LogP contribution in [-0.2, 0) is 4.79 Å². The molecule has 0 aliphatic carbocycles. The van der Waals surface area contributed by atoms with Gasteiger partial charge in [0.25, 0.3) is 0 Å². The van der Waals surface area contributed by atoms with Crippen LogP contribution < -0.4 is 10.6 Å². The minimum absolute atomic E-state index is 0.0345. The van der Waals surface area contributed by atoms with E-state index in [0.29, 0.717) is 10.7 Å². The fourth-order valence-corrected chi connectivity index (χ4v) is 4.92. The van der Waals surface area contributed by atoms with Crippen LogP contribution >= 0.6 is 11.8 Å². The zero-order valence-corrected chi connectivity index (χ0v) is 13.1. The van der Waals surface area contributed by atoms with Crippen molar-refractivity contribution in [2.75, 3.05) is 12.3 Å². The number of fused-ring (bicyclic) bond motifs is 1. The minimum Gasteiger partial charge on any atom is -0.350 e. The molecule has 2 saturated heterocycles. The van der Waals surface area contributed by atoms with Crippen molar-refractivity contribution in [2.45, 2.75) is 56.9 Å². The van der Waals surface area contributed by atoms with Crippen molar-refractivity contribution in [3.63, 3.8) is 0 Å². The van der Waals surface area contributed by atoms with E-state index in [0.717, 1.165) is 19.4 Å². The van der Waals surface area contributed by atoms with Gasteiger partial charge in [-0.3, -0.25) is 4.79 Å². The van der Waals surface area contributed by atoms with E-state index in [1.165, 1.54) is 12.2 Å². The number of hydrogen-bond donors (Lipinski definition) is 2. The van der Waals surface area contributed by atoms with Crippen LogP contribution in [0.3, 0.4) is 0 Å². The summed E-state index contributed by atoms with van der Waals surface area (Å²) >= 11 is 2.04. The van der Waals surface area contributed by atoms with Crippen molar-refractivity contribution in [2.24, 2.45) is 5.41 Å². The van der Waals surface area contributed by atoms with Gasteiger partial charge in [0.15, 0.2) is 0 Å². The summed E-state index contributed by atoms with van der Waals surface area (Å²) in [6, 6.07) is -0.0345. The normalized spacial score (nSPS) is 34.7. The Hall–Kier alpha value is -0.480. The van der Waals surface area contributed by atoms with Gasteiger partial charge < -0.3 is 10.6 Å². The number of allylic oxidation sites excluding steroid dienone is 1. The maximum Gasteiger partial charge on any atom is 0.237 e. The number of thioether (sulfide) groups is 1. The second kappa shape index (κ2) is 5.49. The molecule has 2 fully saturated rings. The monoisotopic (exact) mass is 282 g/mol. The molecule has 2 unspecified atom stereocenters. The number of carbonyl (C=O) groups excluding carboxylic acids is 1. The van der Waals surface area contributed by atoms with Crippen LogP contribution in [0.25, 0.3) is 0 Å². The molecule has 0 spiro atoms. The first-order valence-electron chi connectivity index (χ1n) is 7.14. The van der Waals surface area contributed by atoms with Crippen molar-refractivity contribution in [1.82, 2.24) is 10.6 Å². The average molecular weight is 282 g/mol. The van der Waals surface area contributed by atoms with Gasteiger partial charge in [0, 0.05) is 17.3 Å². The van der Waals surface area contributed by atoms with Gasteiger partial charge in [0.05, 0.1) is 6.04 Å². The Balaban J connectivity index is 1.99. The number of carbonyl (C=O) groups is 1. The molecule has 0 aromatic rings. The Morgan fingerprint density at radius 2 is 2.32 bits per heavy atom. The van der Waals surface area contributed by atoms with Gasteiger partial charge in [-0.25, -0.2) is 0 Å². The predicted molar refractivity (Wildman–Crippen MR) is 82.4 cm³/mol. The highest BCUT2D eigenvalue weighted by Gasteiger charge is 2.47. The van der Waals surface area contributed by atoms with E-state index >= 15 is 0 Å². The summed E-state index contributed by atoms with van der Waals surface area (Å²) < 4.78 is 0. The SMILES string of the molecule is C=CCC12CCS[C@H]1CC(C(=O)NC(C)(C)C)NC2. The number of hydrogen-bond acceptors (Lipinski definition) is 3. The van der Waals surface area contributed by atoms with E-state index < -0.39 is 0 Å². The molecule has 19 heavy (non-hydrogen) atoms. The molecule has 2 heterocycles. The Kier molecular flexibility index (Phi) is 4.31. The smallest absolute Gasteiger partial charge is 0.237 e. The lowest BCUT2D eigenvalue weighted by molar-refractivity contribution is -0.125. The summed E-state index contributed by atoms with van der Waals surface area (Å²) in [5.74, 6) is 1.36. The van der Waals surface area contributed by atoms with E-state index in [-0.39, 0.29) is 17.5 Å². The van der Waals surface area contributed by atoms with Crippen molar-refractivity contribution >= 4 is 17.7 Å². The molecular weight excluding hydrogens is 256 g/mol. The fraction of sp³-hybridized carbons (Fsp3) is 0.800. The van der Waals surface area contributed by atoms with E-state index in [1.807, 2.05) is 38.6 Å². The number of rotatable bonds is 3. The minimum atomic E-state index is -0.156. The third-order valence-corrected chi connectivity index (χ3v) is 5.65. The lowest BCUT2D eigenvalue weighted by Gasteiger charge is -2.42. The van der Waals surface area contributed by atoms with E-state index in [9.17, 15) is 4.79 Å². The molecule has 3 nitrogen and oxygen atoms in total. The van der Waals surface area contributed by atoms with E-state index in [4.69, 9.17) is 0 Å². The van der Waals surface area contributed by atoms with Gasteiger partial charge >= 0.3 is 0 Å². The Morgan fingerprint density at radius 3 is 2.95 bits per heavy atom. The van der Waals surface area contributed by atoms with Gasteiger partial charge in [-0.05, 0) is 51.2 Å². The molecule has 1 amide bonds. The van der Waals surface area contributed by atoms with Crippen LogP contribution in [-0.4, -0.2) is 35.0 Å². The molecule has 0 bridgehead atoms. The Labute approximate surface area is 121 Å². The molecule has 0 saturated carbocycles. The predicted octanol–water partition coefficient (Wildman–Crippen LogP) is 2.33. The van der Waals surface area contributed by atoms with Crippen LogP contribution in [0.1, 0.15) is 40.0 Å². The quantitative estimate of drug-likeness (QED) is 0.781. The second-order valence-corrected chi connectivity index (χ2v) is 8.18. The third-order valence-electron chi connectivity index (χ3n) is 4.12. The first-order valence-corrected chi connectivity index (χ1v) is 8.19. The lowest BCUT2D eigenvalue weighted by atomic mass is 9.74. The number of piperidine rings is 1. The topological polar surface area (TPSA) is 41.1 Å². The molecule has 2 aliphatic rings. The summed E-state index contributed by atoms with van der Waals surface area (Å²) in [4.78, 5) is 12.3. The first kappa shape index (κ1) is 14.9. The summed E-state index contributed by atoms with van der Waals surface area (Å²) in [6.07, 6.45) is 5.29. The largest absolute Gasteiger partial charge is 0.350 e. The van der Waals surface area contributed by atoms with Crippen molar-refractivity contribution < 1.29 is 4.79 Å². The summed E-state index contributed by atoms with van der Waals surface area (Å²) in [5.41, 5.74) is 0.183. The zero-order chi connectivity index (χ0) is 14.1. The highest BCUT2D eigenvalue weighted by Crippen LogP contribution is 2.49. The van der Waals surface area contributed by atoms with E-state index in [1.54, 1.807) is 0 Å². The maximum absolute atomic E-state index is 12.3. The van der Waals surface area contributed by atoms with Crippen LogP contribution in [0.2, 0.25) is 0 Å². The van der Waals surface area contributed by atoms with Gasteiger partial charge in [0.2, 0.25) is 5.91 Å². The van der Waals surface area contributed by atoms with Crippen LogP contribution in [0.15, 0.2) is 12.7 Å². The lowest BCUT2D eigenvalue weighted by Crippen LogP contribution is -2.58. The molecule has 2 N–H and O–H groups in total. The van der Waals surface area contributed by atoms with Gasteiger partial charge in [0.1, 0.15) is 0 Å². The molecule has 2 rings (SSSR count). The Bertz CT molecular complexity index is 364. The average Bonchev–Trinajstić information content (AvgIpc) is 2.69. The van der Waals surface area contributed by atoms with E-state index in [2.05, 4.69) is 17.2 Å². The molecule has 108 valence electrons. The van der Waals surface area contributed by atoms with Crippen LogP contribution in [0.5, 0.6) is 0 Å². The third kappa shape index (κ3) is 3.34. The number of nitrogens with one attached hydrogen (secondary N) is 2. The van der Waals surface area contributed by atoms with Gasteiger partial charge in [-0.2, -0.15) is 11.8 Å². The molecule has 2 aliphatic heterocycles. The number of amides is 1. The maximum atomic E-state index is 12.3. The van der Waals surface area contributed by atoms with Crippen molar-refractivity contribution in [1.29, 1.82) is 0 Å². The van der Waals surface area contributed by atoms with Gasteiger partial charge in [-0.1, -0.05) is 6.08 Å². The van der Waals surface area contributed by atoms with Crippen LogP contribution in [0.4, 0.5) is 0 Å². The molecule has 4 heteroatoms. The molecule has 3 atom stereocenters. The van der Waals surface area contributed by atoms with Crippen molar-refractivity contribution in [3.05, 3.63) is 12.7 Å². The van der Waals surface area contributed by atoms with Gasteiger partial charge in [-0.15, -0.1) is 6.58 Å². The summed E-state index contributed by atoms with van der Waals surface area (Å²) in [7, 11) is 0. The fourth-order valence-electron chi connectivity index (χ4n) is 3.14. The zero-order valence-electron chi connectivity index (χ0n) is 12.3. The summed E-state index contributed by atoms with van der Waals surface area (Å²) in [6.45, 7) is 10.9. The highest BCUT2D eigenvalue weighted by molar-refractivity contribution is 8.00. The molecule has 0 aromatic heterocycles.